The summed E-state index contributed by atoms with van der Waals surface area (Å²) in [5, 5.41) is 0. The van der Waals surface area contributed by atoms with Crippen LogP contribution in [0.25, 0.3) is 0 Å². The lowest BCUT2D eigenvalue weighted by Gasteiger charge is -2.40. The van der Waals surface area contributed by atoms with E-state index in [0.717, 1.165) is 32.1 Å². The Morgan fingerprint density at radius 2 is 1.64 bits per heavy atom. The summed E-state index contributed by atoms with van der Waals surface area (Å²) in [6, 6.07) is 0. The number of hydrogen-bond donors (Lipinski definition) is 0. The predicted octanol–water partition coefficient (Wildman–Crippen LogP) is 4.50. The van der Waals surface area contributed by atoms with Gasteiger partial charge in [0, 0.05) is 26.2 Å². The second-order valence-corrected chi connectivity index (χ2v) is 8.44. The highest BCUT2D eigenvalue weighted by Gasteiger charge is 2.26. The topological polar surface area (TPSA) is 21.7 Å². The second-order valence-electron chi connectivity index (χ2n) is 8.44. The Morgan fingerprint density at radius 1 is 0.955 bits per heavy atom. The van der Waals surface area contributed by atoms with Crippen LogP contribution in [0.15, 0.2) is 0 Å². The van der Waals surface area contributed by atoms with Crippen LogP contribution in [-0.4, -0.2) is 49.0 Å². The van der Waals surface area contributed by atoms with Gasteiger partial charge in [0.25, 0.3) is 0 Å². The lowest BCUT2D eigenvalue weighted by molar-refractivity contribution is -0.0445. The molecule has 1 rings (SSSR count). The molecule has 0 radical (unpaired) electrons. The molecule has 1 heterocycles. The molecule has 0 bridgehead atoms. The fourth-order valence-electron chi connectivity index (χ4n) is 3.08. The van der Waals surface area contributed by atoms with Gasteiger partial charge in [-0.25, -0.2) is 0 Å². The fraction of sp³-hybridized carbons (Fsp3) is 1.00. The first-order valence-corrected chi connectivity index (χ1v) is 9.22. The molecule has 3 heteroatoms. The van der Waals surface area contributed by atoms with Crippen LogP contribution in [0.1, 0.15) is 73.6 Å². The molecule has 132 valence electrons. The highest BCUT2D eigenvalue weighted by molar-refractivity contribution is 4.80. The van der Waals surface area contributed by atoms with Gasteiger partial charge in [-0.2, -0.15) is 0 Å². The predicted molar refractivity (Wildman–Crippen MR) is 94.4 cm³/mol. The minimum atomic E-state index is 0.0127. The Kier molecular flexibility index (Phi) is 8.37. The molecule has 0 aromatic heterocycles. The number of ether oxygens (including phenoxy) is 2. The molecule has 1 aliphatic rings. The first-order chi connectivity index (χ1) is 10.2. The molecule has 0 spiro atoms. The first kappa shape index (κ1) is 19.9. The summed E-state index contributed by atoms with van der Waals surface area (Å²) in [5.41, 5.74) is 0.0604. The average molecular weight is 314 g/mol. The first-order valence-electron chi connectivity index (χ1n) is 9.22. The van der Waals surface area contributed by atoms with Gasteiger partial charge in [-0.3, -0.25) is 0 Å². The van der Waals surface area contributed by atoms with E-state index in [4.69, 9.17) is 9.47 Å². The maximum absolute atomic E-state index is 6.00. The molecule has 0 saturated carbocycles. The zero-order valence-corrected chi connectivity index (χ0v) is 15.9. The van der Waals surface area contributed by atoms with Crippen LogP contribution in [0.5, 0.6) is 0 Å². The van der Waals surface area contributed by atoms with Gasteiger partial charge in [0.1, 0.15) is 0 Å². The van der Waals surface area contributed by atoms with E-state index < -0.39 is 0 Å². The molecule has 3 nitrogen and oxygen atoms in total. The Morgan fingerprint density at radius 3 is 2.23 bits per heavy atom. The molecular weight excluding hydrogens is 274 g/mol. The van der Waals surface area contributed by atoms with Crippen molar-refractivity contribution in [1.29, 1.82) is 0 Å². The minimum Gasteiger partial charge on any atom is -0.376 e. The Labute approximate surface area is 138 Å². The standard InChI is InChI=1S/C19H39NO2/c1-7-11-19(5,6)22-14-12-20-15-17(16-20)10-8-9-13-21-18(2,3)4/h17H,7-16H2,1-6H3. The summed E-state index contributed by atoms with van der Waals surface area (Å²) in [7, 11) is 0. The molecule has 0 amide bonds. The molecule has 0 unspecified atom stereocenters. The summed E-state index contributed by atoms with van der Waals surface area (Å²) in [6.45, 7) is 18.4. The van der Waals surface area contributed by atoms with E-state index in [0.29, 0.717) is 0 Å². The lowest BCUT2D eigenvalue weighted by atomic mass is 9.94. The Balaban J connectivity index is 1.94. The van der Waals surface area contributed by atoms with Crippen molar-refractivity contribution >= 4 is 0 Å². The van der Waals surface area contributed by atoms with Crippen LogP contribution in [0, 0.1) is 5.92 Å². The maximum atomic E-state index is 6.00. The molecule has 0 aliphatic carbocycles. The Bertz CT molecular complexity index is 290. The van der Waals surface area contributed by atoms with E-state index in [2.05, 4.69) is 46.4 Å². The van der Waals surface area contributed by atoms with E-state index >= 15 is 0 Å². The van der Waals surface area contributed by atoms with Gasteiger partial charge in [-0.1, -0.05) is 19.8 Å². The number of nitrogens with zero attached hydrogens (tertiary/aromatic N) is 1. The van der Waals surface area contributed by atoms with Crippen LogP contribution in [0.4, 0.5) is 0 Å². The summed E-state index contributed by atoms with van der Waals surface area (Å²) >= 11 is 0. The third-order valence-electron chi connectivity index (χ3n) is 4.33. The lowest BCUT2D eigenvalue weighted by Crippen LogP contribution is -2.48. The molecule has 22 heavy (non-hydrogen) atoms. The van der Waals surface area contributed by atoms with Gasteiger partial charge < -0.3 is 14.4 Å². The largest absolute Gasteiger partial charge is 0.376 e. The highest BCUT2D eigenvalue weighted by atomic mass is 16.5. The zero-order valence-electron chi connectivity index (χ0n) is 15.9. The maximum Gasteiger partial charge on any atom is 0.0627 e. The molecule has 0 atom stereocenters. The third-order valence-corrected chi connectivity index (χ3v) is 4.33. The number of unbranched alkanes of at least 4 members (excludes halogenated alkanes) is 1. The summed E-state index contributed by atoms with van der Waals surface area (Å²) in [4.78, 5) is 2.53. The molecule has 1 fully saturated rings. The van der Waals surface area contributed by atoms with Crippen molar-refractivity contribution in [3.05, 3.63) is 0 Å². The van der Waals surface area contributed by atoms with Crippen molar-refractivity contribution in [2.45, 2.75) is 84.8 Å². The number of hydrogen-bond acceptors (Lipinski definition) is 3. The van der Waals surface area contributed by atoms with Gasteiger partial charge >= 0.3 is 0 Å². The molecule has 0 N–H and O–H groups in total. The fourth-order valence-corrected chi connectivity index (χ4v) is 3.08. The van der Waals surface area contributed by atoms with Gasteiger partial charge in [-0.15, -0.1) is 0 Å². The molecular formula is C19H39NO2. The van der Waals surface area contributed by atoms with Crippen molar-refractivity contribution in [3.8, 4) is 0 Å². The van der Waals surface area contributed by atoms with Crippen LogP contribution in [-0.2, 0) is 9.47 Å². The van der Waals surface area contributed by atoms with Gasteiger partial charge in [-0.05, 0) is 59.8 Å². The SMILES string of the molecule is CCCC(C)(C)OCCN1CC(CCCCOC(C)(C)C)C1. The van der Waals surface area contributed by atoms with Gasteiger partial charge in [0.05, 0.1) is 17.8 Å². The van der Waals surface area contributed by atoms with Gasteiger partial charge in [0.2, 0.25) is 0 Å². The molecule has 1 aliphatic heterocycles. The Hall–Kier alpha value is -0.120. The summed E-state index contributed by atoms with van der Waals surface area (Å²) < 4.78 is 11.8. The average Bonchev–Trinajstić information content (AvgIpc) is 2.32. The molecule has 1 saturated heterocycles. The van der Waals surface area contributed by atoms with Crippen molar-refractivity contribution in [2.24, 2.45) is 5.92 Å². The smallest absolute Gasteiger partial charge is 0.0627 e. The summed E-state index contributed by atoms with van der Waals surface area (Å²) in [6.07, 6.45) is 6.19. The van der Waals surface area contributed by atoms with Crippen molar-refractivity contribution in [2.75, 3.05) is 32.8 Å². The molecule has 0 aromatic carbocycles. The van der Waals surface area contributed by atoms with Crippen LogP contribution in [0.3, 0.4) is 0 Å². The van der Waals surface area contributed by atoms with Crippen molar-refractivity contribution in [1.82, 2.24) is 4.90 Å². The monoisotopic (exact) mass is 313 g/mol. The van der Waals surface area contributed by atoms with Crippen LogP contribution in [0.2, 0.25) is 0 Å². The van der Waals surface area contributed by atoms with Crippen LogP contribution >= 0.6 is 0 Å². The zero-order chi connectivity index (χ0) is 16.6. The van der Waals surface area contributed by atoms with E-state index in [1.807, 2.05) is 0 Å². The normalized spacial score (nSPS) is 17.7. The van der Waals surface area contributed by atoms with E-state index in [1.54, 1.807) is 0 Å². The number of rotatable bonds is 11. The number of likely N-dealkylation sites (tertiary alicyclic amines) is 1. The highest BCUT2D eigenvalue weighted by Crippen LogP contribution is 2.22. The molecule has 0 aromatic rings. The van der Waals surface area contributed by atoms with Crippen molar-refractivity contribution in [3.63, 3.8) is 0 Å². The van der Waals surface area contributed by atoms with E-state index in [9.17, 15) is 0 Å². The van der Waals surface area contributed by atoms with Gasteiger partial charge in [0.15, 0.2) is 0 Å². The second kappa shape index (κ2) is 9.24. The van der Waals surface area contributed by atoms with Crippen molar-refractivity contribution < 1.29 is 9.47 Å². The van der Waals surface area contributed by atoms with Crippen LogP contribution < -0.4 is 0 Å². The third kappa shape index (κ3) is 9.12. The summed E-state index contributed by atoms with van der Waals surface area (Å²) in [5.74, 6) is 0.901. The minimum absolute atomic E-state index is 0.0127. The quantitative estimate of drug-likeness (QED) is 0.524. The van der Waals surface area contributed by atoms with E-state index in [1.165, 1.54) is 38.8 Å². The van der Waals surface area contributed by atoms with E-state index in [-0.39, 0.29) is 11.2 Å².